The highest BCUT2D eigenvalue weighted by Gasteiger charge is 2.48. The van der Waals surface area contributed by atoms with E-state index < -0.39 is 0 Å². The molecular formula is C23H32Cl2N4O3. The third kappa shape index (κ3) is 5.23. The summed E-state index contributed by atoms with van der Waals surface area (Å²) in [6.45, 7) is 7.34. The molecule has 176 valence electrons. The predicted molar refractivity (Wildman–Crippen MR) is 125 cm³/mol. The topological polar surface area (TPSA) is 65.1 Å². The average molecular weight is 483 g/mol. The van der Waals surface area contributed by atoms with Crippen molar-refractivity contribution in [1.82, 2.24) is 20.0 Å². The number of fused-ring (bicyclic) bond motifs is 1. The van der Waals surface area contributed by atoms with Gasteiger partial charge in [0.15, 0.2) is 0 Å². The fourth-order valence-electron chi connectivity index (χ4n) is 5.30. The quantitative estimate of drug-likeness (QED) is 0.671. The minimum Gasteiger partial charge on any atom is -0.378 e. The van der Waals surface area contributed by atoms with E-state index in [2.05, 4.69) is 15.1 Å². The minimum absolute atomic E-state index is 0.000277. The molecule has 7 nitrogen and oxygen atoms in total. The monoisotopic (exact) mass is 482 g/mol. The number of benzene rings is 1. The van der Waals surface area contributed by atoms with Crippen LogP contribution in [0.1, 0.15) is 25.3 Å². The summed E-state index contributed by atoms with van der Waals surface area (Å²) >= 11 is 12.2. The Hall–Kier alpha value is -1.38. The summed E-state index contributed by atoms with van der Waals surface area (Å²) in [5.74, 6) is 0.104. The Labute approximate surface area is 199 Å². The van der Waals surface area contributed by atoms with Gasteiger partial charge in [0.1, 0.15) is 0 Å². The van der Waals surface area contributed by atoms with E-state index in [1.165, 1.54) is 12.8 Å². The zero-order valence-corrected chi connectivity index (χ0v) is 20.1. The first kappa shape index (κ1) is 23.8. The predicted octanol–water partition coefficient (Wildman–Crippen LogP) is 2.05. The lowest BCUT2D eigenvalue weighted by molar-refractivity contribution is -0.153. The van der Waals surface area contributed by atoms with Gasteiger partial charge in [0.2, 0.25) is 11.8 Å². The first-order valence-electron chi connectivity index (χ1n) is 11.5. The number of carbonyl (C=O) groups excluding carboxylic acids is 2. The van der Waals surface area contributed by atoms with Crippen molar-refractivity contribution in [2.24, 2.45) is 0 Å². The van der Waals surface area contributed by atoms with Crippen molar-refractivity contribution in [2.75, 3.05) is 52.5 Å². The van der Waals surface area contributed by atoms with Crippen molar-refractivity contribution >= 4 is 35.0 Å². The van der Waals surface area contributed by atoms with Gasteiger partial charge in [0.25, 0.3) is 0 Å². The fourth-order valence-corrected chi connectivity index (χ4v) is 5.62. The molecule has 1 aromatic carbocycles. The summed E-state index contributed by atoms with van der Waals surface area (Å²) in [7, 11) is 0. The Morgan fingerprint density at radius 2 is 1.81 bits per heavy atom. The smallest absolute Gasteiger partial charge is 0.234 e. The van der Waals surface area contributed by atoms with Crippen molar-refractivity contribution in [2.45, 2.75) is 44.3 Å². The number of nitrogens with one attached hydrogen (secondary N) is 1. The van der Waals surface area contributed by atoms with Gasteiger partial charge >= 0.3 is 0 Å². The van der Waals surface area contributed by atoms with Crippen LogP contribution in [0.2, 0.25) is 10.0 Å². The van der Waals surface area contributed by atoms with Gasteiger partial charge in [-0.1, -0.05) is 29.3 Å². The number of halogens is 2. The minimum atomic E-state index is 0.000277. The van der Waals surface area contributed by atoms with Gasteiger partial charge in [-0.25, -0.2) is 0 Å². The third-order valence-corrected chi connectivity index (χ3v) is 7.55. The summed E-state index contributed by atoms with van der Waals surface area (Å²) in [6, 6.07) is 5.51. The van der Waals surface area contributed by atoms with E-state index in [-0.39, 0.29) is 36.4 Å². The summed E-state index contributed by atoms with van der Waals surface area (Å²) in [4.78, 5) is 32.5. The molecule has 3 fully saturated rings. The molecule has 2 unspecified atom stereocenters. The number of likely N-dealkylation sites (tertiary alicyclic amines) is 1. The Balaban J connectivity index is 1.55. The van der Waals surface area contributed by atoms with Crippen LogP contribution in [0.25, 0.3) is 0 Å². The lowest BCUT2D eigenvalue weighted by Crippen LogP contribution is -2.72. The van der Waals surface area contributed by atoms with Crippen LogP contribution in [0.3, 0.4) is 0 Å². The number of hydrogen-bond acceptors (Lipinski definition) is 5. The average Bonchev–Trinajstić information content (AvgIpc) is 3.31. The van der Waals surface area contributed by atoms with Crippen molar-refractivity contribution in [3.05, 3.63) is 33.8 Å². The van der Waals surface area contributed by atoms with Gasteiger partial charge < -0.3 is 15.0 Å². The van der Waals surface area contributed by atoms with E-state index >= 15 is 0 Å². The number of piperazine rings is 1. The van der Waals surface area contributed by atoms with Crippen molar-refractivity contribution < 1.29 is 14.3 Å². The Kier molecular flexibility index (Phi) is 7.95. The molecule has 0 saturated carbocycles. The maximum atomic E-state index is 13.5. The molecule has 2 amide bonds. The molecule has 32 heavy (non-hydrogen) atoms. The summed E-state index contributed by atoms with van der Waals surface area (Å²) in [6.07, 6.45) is 2.63. The molecule has 3 atom stereocenters. The van der Waals surface area contributed by atoms with Crippen LogP contribution in [-0.2, 0) is 20.7 Å². The number of hydrogen-bond donors (Lipinski definition) is 1. The van der Waals surface area contributed by atoms with Crippen molar-refractivity contribution in [1.29, 1.82) is 0 Å². The van der Waals surface area contributed by atoms with E-state index in [0.29, 0.717) is 49.4 Å². The molecule has 9 heteroatoms. The highest BCUT2D eigenvalue weighted by atomic mass is 35.5. The third-order valence-electron chi connectivity index (χ3n) is 6.81. The molecule has 0 spiro atoms. The highest BCUT2D eigenvalue weighted by molar-refractivity contribution is 6.42. The molecule has 3 aliphatic rings. The zero-order valence-electron chi connectivity index (χ0n) is 18.6. The molecule has 3 heterocycles. The molecule has 0 aliphatic carbocycles. The standard InChI is InChI=1S/C23H32Cl2N4O3/c1-2-26-21(30)13-28-9-10-29(22(31)12-16-5-6-17(24)18(25)11-16)23-19(14-32-15-20(23)28)27-7-3-4-8-27/h5-6,11,19-20,23H,2-4,7-10,12-15H2,1H3,(H,26,30)/t19?,20?,23-/m1/s1. The van der Waals surface area contributed by atoms with Crippen LogP contribution < -0.4 is 5.32 Å². The highest BCUT2D eigenvalue weighted by Crippen LogP contribution is 2.30. The van der Waals surface area contributed by atoms with E-state index in [1.807, 2.05) is 17.9 Å². The van der Waals surface area contributed by atoms with E-state index in [9.17, 15) is 9.59 Å². The first-order valence-corrected chi connectivity index (χ1v) is 12.3. The summed E-state index contributed by atoms with van der Waals surface area (Å²) < 4.78 is 6.03. The lowest BCUT2D eigenvalue weighted by Gasteiger charge is -2.54. The van der Waals surface area contributed by atoms with Gasteiger partial charge in [-0.05, 0) is 50.6 Å². The van der Waals surface area contributed by atoms with E-state index in [1.54, 1.807) is 12.1 Å². The number of ether oxygens (including phenoxy) is 1. The Morgan fingerprint density at radius 3 is 2.53 bits per heavy atom. The molecule has 3 saturated heterocycles. The van der Waals surface area contributed by atoms with Crippen LogP contribution in [0.5, 0.6) is 0 Å². The molecule has 0 radical (unpaired) electrons. The molecule has 1 aromatic rings. The van der Waals surface area contributed by atoms with Crippen molar-refractivity contribution in [3.63, 3.8) is 0 Å². The maximum absolute atomic E-state index is 13.5. The van der Waals surface area contributed by atoms with Gasteiger partial charge in [-0.2, -0.15) is 0 Å². The van der Waals surface area contributed by atoms with Gasteiger partial charge in [0.05, 0.1) is 54.4 Å². The first-order chi connectivity index (χ1) is 15.5. The maximum Gasteiger partial charge on any atom is 0.234 e. The SMILES string of the molecule is CCNC(=O)CN1CCN(C(=O)Cc2ccc(Cl)c(Cl)c2)[C@@H]2C(N3CCCC3)COCC21. The summed E-state index contributed by atoms with van der Waals surface area (Å²) in [5.41, 5.74) is 0.857. The number of likely N-dealkylation sites (N-methyl/N-ethyl adjacent to an activating group) is 1. The van der Waals surface area contributed by atoms with Crippen LogP contribution in [0, 0.1) is 0 Å². The lowest BCUT2D eigenvalue weighted by atomic mass is 9.91. The largest absolute Gasteiger partial charge is 0.378 e. The molecule has 0 bridgehead atoms. The van der Waals surface area contributed by atoms with Crippen LogP contribution in [-0.4, -0.2) is 97.1 Å². The number of nitrogens with zero attached hydrogens (tertiary/aromatic N) is 3. The van der Waals surface area contributed by atoms with E-state index in [4.69, 9.17) is 27.9 Å². The second-order valence-corrected chi connectivity index (χ2v) is 9.66. The zero-order chi connectivity index (χ0) is 22.7. The number of rotatable bonds is 6. The molecule has 4 rings (SSSR count). The summed E-state index contributed by atoms with van der Waals surface area (Å²) in [5, 5.41) is 3.84. The van der Waals surface area contributed by atoms with Gasteiger partial charge in [-0.3, -0.25) is 19.4 Å². The number of carbonyl (C=O) groups is 2. The van der Waals surface area contributed by atoms with Gasteiger partial charge in [0, 0.05) is 19.6 Å². The Morgan fingerprint density at radius 1 is 1.06 bits per heavy atom. The molecule has 3 aliphatic heterocycles. The Bertz CT molecular complexity index is 833. The molecule has 0 aromatic heterocycles. The second-order valence-electron chi connectivity index (χ2n) is 8.84. The fraction of sp³-hybridized carbons (Fsp3) is 0.652. The second kappa shape index (κ2) is 10.7. The van der Waals surface area contributed by atoms with Gasteiger partial charge in [-0.15, -0.1) is 0 Å². The molecular weight excluding hydrogens is 451 g/mol. The van der Waals surface area contributed by atoms with Crippen LogP contribution in [0.15, 0.2) is 18.2 Å². The van der Waals surface area contributed by atoms with E-state index in [0.717, 1.165) is 18.7 Å². The molecule has 1 N–H and O–H groups in total. The van der Waals surface area contributed by atoms with Crippen LogP contribution >= 0.6 is 23.2 Å². The number of amides is 2. The normalized spacial score (nSPS) is 26.7. The van der Waals surface area contributed by atoms with Crippen LogP contribution in [0.4, 0.5) is 0 Å². The van der Waals surface area contributed by atoms with Crippen molar-refractivity contribution in [3.8, 4) is 0 Å².